The number of pyridine rings is 1. The fraction of sp³-hybridized carbons (Fsp3) is 0.286. The third-order valence-electron chi connectivity index (χ3n) is 2.67. The molecular weight excluding hydrogens is 282 g/mol. The molecule has 7 heteroatoms. The van der Waals surface area contributed by atoms with Gasteiger partial charge in [-0.05, 0) is 32.0 Å². The normalized spacial score (nSPS) is 11.1. The number of carbonyl (C=O) groups is 1. The van der Waals surface area contributed by atoms with Crippen LogP contribution in [0.4, 0.5) is 14.5 Å². The van der Waals surface area contributed by atoms with Gasteiger partial charge in [0.25, 0.3) is 0 Å². The minimum Gasteiger partial charge on any atom is -0.459 e. The van der Waals surface area contributed by atoms with Gasteiger partial charge in [0.2, 0.25) is 0 Å². The zero-order chi connectivity index (χ0) is 15.6. The number of nitrogens with two attached hydrogens (primary N) is 1. The number of benzene rings is 1. The van der Waals surface area contributed by atoms with Gasteiger partial charge in [0.1, 0.15) is 5.75 Å². The van der Waals surface area contributed by atoms with Crippen LogP contribution < -0.4 is 10.5 Å². The van der Waals surface area contributed by atoms with Crippen molar-refractivity contribution in [3.05, 3.63) is 30.0 Å². The molecule has 0 aliphatic carbocycles. The molecular formula is C14H14F2N2O3. The molecule has 0 radical (unpaired) electrons. The highest BCUT2D eigenvalue weighted by molar-refractivity contribution is 6.06. The van der Waals surface area contributed by atoms with Crippen LogP contribution in [0.3, 0.4) is 0 Å². The molecule has 21 heavy (non-hydrogen) atoms. The molecule has 0 bridgehead atoms. The van der Waals surface area contributed by atoms with Gasteiger partial charge >= 0.3 is 12.6 Å². The van der Waals surface area contributed by atoms with Crippen LogP contribution in [0.15, 0.2) is 24.4 Å². The molecule has 2 N–H and O–H groups in total. The van der Waals surface area contributed by atoms with Gasteiger partial charge in [-0.3, -0.25) is 4.98 Å². The standard InChI is InChI=1S/C14H14F2N2O3/c1-7(2)20-13(19)9-6-10(21-14(15)16)8-4-3-5-18-12(8)11(9)17/h3-7,14H,17H2,1-2H3. The first-order chi connectivity index (χ1) is 9.90. The molecule has 0 amide bonds. The molecule has 1 heterocycles. The van der Waals surface area contributed by atoms with Gasteiger partial charge < -0.3 is 15.2 Å². The van der Waals surface area contributed by atoms with Gasteiger partial charge in [0.05, 0.1) is 22.9 Å². The van der Waals surface area contributed by atoms with E-state index in [1.165, 1.54) is 12.3 Å². The van der Waals surface area contributed by atoms with E-state index in [1.807, 2.05) is 0 Å². The Hall–Kier alpha value is -2.44. The Kier molecular flexibility index (Phi) is 4.21. The molecule has 2 aromatic rings. The van der Waals surface area contributed by atoms with Gasteiger partial charge in [-0.2, -0.15) is 8.78 Å². The largest absolute Gasteiger partial charge is 0.459 e. The molecule has 0 saturated heterocycles. The quantitative estimate of drug-likeness (QED) is 0.693. The maximum absolute atomic E-state index is 12.5. The molecule has 0 aliphatic heterocycles. The number of nitrogens with zero attached hydrogens (tertiary/aromatic N) is 1. The fourth-order valence-electron chi connectivity index (χ4n) is 1.87. The van der Waals surface area contributed by atoms with Crippen molar-refractivity contribution in [2.45, 2.75) is 26.6 Å². The van der Waals surface area contributed by atoms with Crippen LogP contribution in [-0.2, 0) is 4.74 Å². The van der Waals surface area contributed by atoms with Crippen molar-refractivity contribution in [1.29, 1.82) is 0 Å². The number of carbonyl (C=O) groups excluding carboxylic acids is 1. The Morgan fingerprint density at radius 2 is 2.10 bits per heavy atom. The molecule has 0 fully saturated rings. The number of aromatic nitrogens is 1. The van der Waals surface area contributed by atoms with Crippen molar-refractivity contribution in [2.24, 2.45) is 0 Å². The minimum absolute atomic E-state index is 0.0504. The lowest BCUT2D eigenvalue weighted by atomic mass is 10.1. The summed E-state index contributed by atoms with van der Waals surface area (Å²) < 4.78 is 34.5. The average molecular weight is 296 g/mol. The number of nitrogen functional groups attached to an aromatic ring is 1. The lowest BCUT2D eigenvalue weighted by molar-refractivity contribution is -0.0489. The van der Waals surface area contributed by atoms with E-state index in [-0.39, 0.29) is 28.6 Å². The second-order valence-corrected chi connectivity index (χ2v) is 4.57. The summed E-state index contributed by atoms with van der Waals surface area (Å²) >= 11 is 0. The third-order valence-corrected chi connectivity index (χ3v) is 2.67. The number of rotatable bonds is 4. The number of hydrogen-bond acceptors (Lipinski definition) is 5. The topological polar surface area (TPSA) is 74.4 Å². The number of anilines is 1. The molecule has 0 atom stereocenters. The number of esters is 1. The van der Waals surface area contributed by atoms with E-state index < -0.39 is 12.6 Å². The minimum atomic E-state index is -3.02. The summed E-state index contributed by atoms with van der Waals surface area (Å²) in [7, 11) is 0. The molecule has 2 rings (SSSR count). The Morgan fingerprint density at radius 3 is 2.71 bits per heavy atom. The Bertz CT molecular complexity index is 675. The second kappa shape index (κ2) is 5.90. The molecule has 0 aliphatic rings. The molecule has 0 spiro atoms. The highest BCUT2D eigenvalue weighted by atomic mass is 19.3. The molecule has 1 aromatic carbocycles. The first-order valence-corrected chi connectivity index (χ1v) is 6.23. The van der Waals surface area contributed by atoms with E-state index in [0.717, 1.165) is 6.07 Å². The van der Waals surface area contributed by atoms with Crippen LogP contribution >= 0.6 is 0 Å². The van der Waals surface area contributed by atoms with Gasteiger partial charge in [-0.15, -0.1) is 0 Å². The molecule has 0 unspecified atom stereocenters. The molecule has 1 aromatic heterocycles. The smallest absolute Gasteiger partial charge is 0.387 e. The summed E-state index contributed by atoms with van der Waals surface area (Å²) in [6, 6.07) is 4.25. The maximum Gasteiger partial charge on any atom is 0.387 e. The molecule has 0 saturated carbocycles. The van der Waals surface area contributed by atoms with Crippen LogP contribution in [0.2, 0.25) is 0 Å². The van der Waals surface area contributed by atoms with Crippen molar-refractivity contribution < 1.29 is 23.0 Å². The Morgan fingerprint density at radius 1 is 1.38 bits per heavy atom. The zero-order valence-corrected chi connectivity index (χ0v) is 11.5. The summed E-state index contributed by atoms with van der Waals surface area (Å²) in [6.07, 6.45) is 1.08. The highest BCUT2D eigenvalue weighted by Crippen LogP contribution is 2.33. The first-order valence-electron chi connectivity index (χ1n) is 6.23. The Balaban J connectivity index is 2.61. The zero-order valence-electron chi connectivity index (χ0n) is 11.5. The van der Waals surface area contributed by atoms with Gasteiger partial charge in [-0.1, -0.05) is 0 Å². The SMILES string of the molecule is CC(C)OC(=O)c1cc(OC(F)F)c2cccnc2c1N. The van der Waals surface area contributed by atoms with Crippen molar-refractivity contribution in [1.82, 2.24) is 4.98 Å². The third kappa shape index (κ3) is 3.18. The average Bonchev–Trinajstić information content (AvgIpc) is 2.40. The van der Waals surface area contributed by atoms with E-state index in [0.29, 0.717) is 5.39 Å². The number of halogens is 2. The molecule has 5 nitrogen and oxygen atoms in total. The first kappa shape index (κ1) is 15.0. The van der Waals surface area contributed by atoms with Crippen LogP contribution in [0, 0.1) is 0 Å². The predicted molar refractivity (Wildman–Crippen MR) is 73.3 cm³/mol. The van der Waals surface area contributed by atoms with Crippen LogP contribution in [0.5, 0.6) is 5.75 Å². The van der Waals surface area contributed by atoms with Gasteiger partial charge in [0.15, 0.2) is 0 Å². The number of alkyl halides is 2. The fourth-order valence-corrected chi connectivity index (χ4v) is 1.87. The van der Waals surface area contributed by atoms with E-state index in [2.05, 4.69) is 9.72 Å². The summed E-state index contributed by atoms with van der Waals surface area (Å²) in [4.78, 5) is 16.0. The lowest BCUT2D eigenvalue weighted by Crippen LogP contribution is -2.14. The van der Waals surface area contributed by atoms with Crippen LogP contribution in [0.25, 0.3) is 10.9 Å². The molecule has 112 valence electrons. The van der Waals surface area contributed by atoms with Crippen molar-refractivity contribution >= 4 is 22.6 Å². The predicted octanol–water partition coefficient (Wildman–Crippen LogP) is 2.98. The van der Waals surface area contributed by atoms with Gasteiger partial charge in [-0.25, -0.2) is 4.79 Å². The van der Waals surface area contributed by atoms with Crippen LogP contribution in [0.1, 0.15) is 24.2 Å². The van der Waals surface area contributed by atoms with E-state index in [9.17, 15) is 13.6 Å². The van der Waals surface area contributed by atoms with E-state index in [1.54, 1.807) is 19.9 Å². The van der Waals surface area contributed by atoms with E-state index >= 15 is 0 Å². The van der Waals surface area contributed by atoms with E-state index in [4.69, 9.17) is 10.5 Å². The van der Waals surface area contributed by atoms with Crippen molar-refractivity contribution in [2.75, 3.05) is 5.73 Å². The maximum atomic E-state index is 12.5. The summed E-state index contributed by atoms with van der Waals surface area (Å²) in [5.41, 5.74) is 6.12. The summed E-state index contributed by atoms with van der Waals surface area (Å²) in [6.45, 7) is 0.319. The number of fused-ring (bicyclic) bond motifs is 1. The monoisotopic (exact) mass is 296 g/mol. The van der Waals surface area contributed by atoms with Gasteiger partial charge in [0, 0.05) is 11.6 Å². The second-order valence-electron chi connectivity index (χ2n) is 4.57. The van der Waals surface area contributed by atoms with Crippen LogP contribution in [-0.4, -0.2) is 23.7 Å². The van der Waals surface area contributed by atoms with Crippen molar-refractivity contribution in [3.8, 4) is 5.75 Å². The van der Waals surface area contributed by atoms with Crippen molar-refractivity contribution in [3.63, 3.8) is 0 Å². The number of ether oxygens (including phenoxy) is 2. The highest BCUT2D eigenvalue weighted by Gasteiger charge is 2.20. The summed E-state index contributed by atoms with van der Waals surface area (Å²) in [5, 5.41) is 0.302. The Labute approximate surface area is 119 Å². The lowest BCUT2D eigenvalue weighted by Gasteiger charge is -2.14. The summed E-state index contributed by atoms with van der Waals surface area (Å²) in [5.74, 6) is -0.882. The number of hydrogen-bond donors (Lipinski definition) is 1.